The third-order valence-corrected chi connectivity index (χ3v) is 11.6. The van der Waals surface area contributed by atoms with E-state index in [2.05, 4.69) is 42.1 Å². The molecule has 4 unspecified atom stereocenters. The number of hydrazone groups is 4. The molecule has 0 spiro atoms. The van der Waals surface area contributed by atoms with Crippen molar-refractivity contribution in [3.05, 3.63) is 118 Å². The van der Waals surface area contributed by atoms with E-state index in [1.165, 1.54) is 0 Å². The third kappa shape index (κ3) is 14.5. The molecular formula is C51H59ClN8O10. The first-order valence-electron chi connectivity index (χ1n) is 22.5. The summed E-state index contributed by atoms with van der Waals surface area (Å²) < 4.78 is 25.9. The Kier molecular flexibility index (Phi) is 19.6. The largest absolute Gasteiger partial charge is 0.497 e. The first-order chi connectivity index (χ1) is 33.6. The summed E-state index contributed by atoms with van der Waals surface area (Å²) in [6, 6.07) is 25.6. The highest BCUT2D eigenvalue weighted by atomic mass is 35.5. The fraction of sp³-hybridized carbons (Fsp3) is 0.353. The Hall–Kier alpha value is -7.60. The van der Waals surface area contributed by atoms with Gasteiger partial charge in [-0.2, -0.15) is 20.4 Å². The number of carbonyl (C=O) groups excluding carboxylic acids is 5. The molecule has 4 N–H and O–H groups in total. The molecule has 4 aromatic carbocycles. The molecule has 0 aromatic heterocycles. The van der Waals surface area contributed by atoms with E-state index in [0.717, 1.165) is 56.6 Å². The van der Waals surface area contributed by atoms with Crippen LogP contribution in [0.5, 0.6) is 23.0 Å². The summed E-state index contributed by atoms with van der Waals surface area (Å²) in [6.07, 6.45) is 2.49. The number of nitrogens with zero attached hydrogens (tertiary/aromatic N) is 4. The van der Waals surface area contributed by atoms with Crippen LogP contribution in [0.2, 0.25) is 5.02 Å². The van der Waals surface area contributed by atoms with E-state index in [1.54, 1.807) is 47.5 Å². The van der Waals surface area contributed by atoms with Gasteiger partial charge in [-0.05, 0) is 78.7 Å². The predicted octanol–water partition coefficient (Wildman–Crippen LogP) is 7.05. The van der Waals surface area contributed by atoms with Crippen LogP contribution in [0, 0.1) is 23.7 Å². The lowest BCUT2D eigenvalue weighted by atomic mass is 9.96. The van der Waals surface area contributed by atoms with Crippen LogP contribution in [0.15, 0.2) is 105 Å². The average molecular weight is 980 g/mol. The summed E-state index contributed by atoms with van der Waals surface area (Å²) in [5.41, 5.74) is 17.6. The van der Waals surface area contributed by atoms with Gasteiger partial charge in [-0.3, -0.25) is 19.2 Å². The van der Waals surface area contributed by atoms with Gasteiger partial charge in [-0.25, -0.2) is 26.5 Å². The maximum absolute atomic E-state index is 11.5. The zero-order valence-corrected chi connectivity index (χ0v) is 41.4. The highest BCUT2D eigenvalue weighted by Gasteiger charge is 2.26. The van der Waals surface area contributed by atoms with Gasteiger partial charge in [0.2, 0.25) is 23.6 Å². The summed E-state index contributed by atoms with van der Waals surface area (Å²) in [4.78, 5) is 56.7. The average Bonchev–Trinajstić information content (AvgIpc) is 3.37. The zero-order valence-electron chi connectivity index (χ0n) is 40.7. The molecule has 19 heteroatoms. The number of amides is 4. The molecule has 0 bridgehead atoms. The lowest BCUT2D eigenvalue weighted by Gasteiger charge is -2.19. The van der Waals surface area contributed by atoms with Crippen LogP contribution in [0.25, 0.3) is 0 Å². The monoisotopic (exact) mass is 978 g/mol. The van der Waals surface area contributed by atoms with E-state index in [4.69, 9.17) is 35.3 Å². The van der Waals surface area contributed by atoms with E-state index in [9.17, 15) is 24.0 Å². The standard InChI is InChI=1S/C14H16N2O3.2C13H16N2O3.C11H11ClN2O/c1-3-19-14(18)11-6-4-10(5-7-11)12-8-9(2)13(17)16-15-12;1-8-6-11(14-15-13(8)16)10-7-9(17-2)4-5-12(10)18-3;1-8-6-10(14-15-13(8)16)9-4-5-11(17-2)12(7-9)18-3;1-7-6-10(13-14-11(7)15)8-2-4-9(12)5-3-8/h4-7,9H,3,8H2,1-2H3,(H,16,17);2*4-5,7-8H,6H2,1-3H3,(H,15,16);2-5,7H,6H2,1H3,(H,14,15). The van der Waals surface area contributed by atoms with Gasteiger partial charge in [0, 0.05) is 65.5 Å². The Bertz CT molecular complexity index is 2650. The number of ether oxygens (including phenoxy) is 5. The van der Waals surface area contributed by atoms with Gasteiger partial charge >= 0.3 is 5.97 Å². The van der Waals surface area contributed by atoms with Gasteiger partial charge in [0.15, 0.2) is 11.5 Å². The SMILES string of the molecule is CC1CC(c2ccc(Cl)cc2)=NNC1=O.CCOC(=O)c1ccc(C2=NNC(=O)C(C)C2)cc1.COc1ccc(C2=NNC(=O)C(C)C2)cc1OC.COc1ccc(OC)c(C2=NNC(=O)C(C)C2)c1. The van der Waals surface area contributed by atoms with Crippen LogP contribution < -0.4 is 40.7 Å². The van der Waals surface area contributed by atoms with Gasteiger partial charge in [0.25, 0.3) is 0 Å². The van der Waals surface area contributed by atoms with Crippen molar-refractivity contribution in [2.45, 2.75) is 60.3 Å². The fourth-order valence-electron chi connectivity index (χ4n) is 7.07. The molecule has 0 saturated carbocycles. The Morgan fingerprint density at radius 2 is 0.914 bits per heavy atom. The molecule has 0 radical (unpaired) electrons. The first kappa shape index (κ1) is 53.4. The number of hydrogen-bond donors (Lipinski definition) is 4. The lowest BCUT2D eigenvalue weighted by molar-refractivity contribution is -0.125. The fourth-order valence-corrected chi connectivity index (χ4v) is 7.20. The van der Waals surface area contributed by atoms with Crippen LogP contribution in [-0.4, -0.2) is 87.5 Å². The predicted molar refractivity (Wildman–Crippen MR) is 267 cm³/mol. The number of halogens is 1. The minimum Gasteiger partial charge on any atom is -0.497 e. The second kappa shape index (κ2) is 25.7. The molecule has 70 heavy (non-hydrogen) atoms. The van der Waals surface area contributed by atoms with E-state index < -0.39 is 0 Å². The number of hydrogen-bond acceptors (Lipinski definition) is 14. The molecule has 0 aliphatic carbocycles. The van der Waals surface area contributed by atoms with Crippen molar-refractivity contribution in [2.24, 2.45) is 44.1 Å². The molecular weight excluding hydrogens is 920 g/mol. The molecule has 18 nitrogen and oxygen atoms in total. The molecule has 370 valence electrons. The molecule has 8 rings (SSSR count). The van der Waals surface area contributed by atoms with Gasteiger partial charge < -0.3 is 23.7 Å². The number of benzene rings is 4. The van der Waals surface area contributed by atoms with E-state index in [0.29, 0.717) is 54.4 Å². The van der Waals surface area contributed by atoms with Crippen molar-refractivity contribution in [1.29, 1.82) is 0 Å². The molecule has 4 heterocycles. The van der Waals surface area contributed by atoms with E-state index >= 15 is 0 Å². The van der Waals surface area contributed by atoms with E-state index in [-0.39, 0.29) is 53.3 Å². The number of esters is 1. The summed E-state index contributed by atoms with van der Waals surface area (Å²) >= 11 is 5.79. The summed E-state index contributed by atoms with van der Waals surface area (Å²) in [5, 5.41) is 17.0. The lowest BCUT2D eigenvalue weighted by Crippen LogP contribution is -2.33. The molecule has 4 aliphatic heterocycles. The first-order valence-corrected chi connectivity index (χ1v) is 22.9. The Balaban J connectivity index is 0.000000174. The topological polar surface area (TPSA) is 229 Å². The van der Waals surface area contributed by atoms with Gasteiger partial charge in [0.05, 0.1) is 63.5 Å². The van der Waals surface area contributed by atoms with Gasteiger partial charge in [0.1, 0.15) is 11.5 Å². The highest BCUT2D eigenvalue weighted by molar-refractivity contribution is 6.30. The maximum Gasteiger partial charge on any atom is 0.338 e. The number of carbonyl (C=O) groups is 5. The zero-order chi connectivity index (χ0) is 50.9. The second-order valence-corrected chi connectivity index (χ2v) is 16.9. The number of nitrogens with one attached hydrogen (secondary N) is 4. The van der Waals surface area contributed by atoms with Crippen molar-refractivity contribution in [3.63, 3.8) is 0 Å². The summed E-state index contributed by atoms with van der Waals surface area (Å²) in [6.45, 7) is 9.63. The van der Waals surface area contributed by atoms with Crippen LogP contribution in [0.1, 0.15) is 92.9 Å². The maximum atomic E-state index is 11.5. The number of methoxy groups -OCH3 is 4. The molecule has 4 aromatic rings. The van der Waals surface area contributed by atoms with Crippen LogP contribution >= 0.6 is 11.6 Å². The Morgan fingerprint density at radius 1 is 0.514 bits per heavy atom. The van der Waals surface area contributed by atoms with Crippen molar-refractivity contribution in [2.75, 3.05) is 35.0 Å². The van der Waals surface area contributed by atoms with Crippen LogP contribution in [0.3, 0.4) is 0 Å². The molecule has 4 amide bonds. The third-order valence-electron chi connectivity index (χ3n) is 11.3. The second-order valence-electron chi connectivity index (χ2n) is 16.5. The van der Waals surface area contributed by atoms with Gasteiger partial charge in [-0.15, -0.1) is 0 Å². The Labute approximate surface area is 412 Å². The van der Waals surface area contributed by atoms with E-state index in [1.807, 2.05) is 100 Å². The van der Waals surface area contributed by atoms with Crippen molar-refractivity contribution in [1.82, 2.24) is 21.7 Å². The van der Waals surface area contributed by atoms with Crippen molar-refractivity contribution >= 4 is 64.0 Å². The molecule has 0 fully saturated rings. The molecule has 4 atom stereocenters. The summed E-state index contributed by atoms with van der Waals surface area (Å²) in [7, 11) is 6.40. The smallest absolute Gasteiger partial charge is 0.338 e. The van der Waals surface area contributed by atoms with Crippen molar-refractivity contribution < 1.29 is 47.7 Å². The summed E-state index contributed by atoms with van der Waals surface area (Å²) in [5.74, 6) is 2.01. The van der Waals surface area contributed by atoms with Crippen molar-refractivity contribution in [3.8, 4) is 23.0 Å². The van der Waals surface area contributed by atoms with Crippen LogP contribution in [-0.2, 0) is 23.9 Å². The molecule has 0 saturated heterocycles. The normalized spacial score (nSPS) is 19.2. The minimum absolute atomic E-state index is 0.0202. The molecule has 4 aliphatic rings. The Morgan fingerprint density at radius 3 is 1.34 bits per heavy atom. The number of rotatable bonds is 10. The minimum atomic E-state index is -0.332. The van der Waals surface area contributed by atoms with Gasteiger partial charge in [-0.1, -0.05) is 63.6 Å². The van der Waals surface area contributed by atoms with Crippen LogP contribution in [0.4, 0.5) is 0 Å². The quantitative estimate of drug-likeness (QED) is 0.118. The highest BCUT2D eigenvalue weighted by Crippen LogP contribution is 2.30.